The van der Waals surface area contributed by atoms with Crippen LogP contribution in [0.3, 0.4) is 0 Å². The number of benzene rings is 1. The van der Waals surface area contributed by atoms with Gasteiger partial charge in [0.1, 0.15) is 12.1 Å². The molecule has 0 saturated carbocycles. The van der Waals surface area contributed by atoms with Crippen molar-refractivity contribution in [1.29, 1.82) is 0 Å². The van der Waals surface area contributed by atoms with Gasteiger partial charge in [0, 0.05) is 4.47 Å². The van der Waals surface area contributed by atoms with Crippen LogP contribution in [0.1, 0.15) is 33.1 Å². The normalized spacial score (nSPS) is 20.4. The summed E-state index contributed by atoms with van der Waals surface area (Å²) in [6, 6.07) is 7.02. The maximum Gasteiger partial charge on any atom is 0.325 e. The van der Waals surface area contributed by atoms with E-state index < -0.39 is 11.6 Å². The van der Waals surface area contributed by atoms with Gasteiger partial charge in [-0.2, -0.15) is 0 Å². The van der Waals surface area contributed by atoms with E-state index >= 15 is 0 Å². The highest BCUT2D eigenvalue weighted by Crippen LogP contribution is 2.29. The Morgan fingerprint density at radius 2 is 2.00 bits per heavy atom. The molecule has 2 heterocycles. The fourth-order valence-corrected chi connectivity index (χ4v) is 3.50. The number of nitrogens with zero attached hydrogens (tertiary/aromatic N) is 3. The molecule has 1 aromatic carbocycles. The second-order valence-corrected chi connectivity index (χ2v) is 7.59. The summed E-state index contributed by atoms with van der Waals surface area (Å²) in [5, 5.41) is 10.7. The van der Waals surface area contributed by atoms with Crippen molar-refractivity contribution in [2.75, 3.05) is 0 Å². The summed E-state index contributed by atoms with van der Waals surface area (Å²) < 4.78 is 6.46. The molecule has 132 valence electrons. The monoisotopic (exact) mass is 406 g/mol. The molecule has 0 unspecified atom stereocenters. The van der Waals surface area contributed by atoms with Crippen LogP contribution in [0.5, 0.6) is 0 Å². The van der Waals surface area contributed by atoms with E-state index in [0.717, 1.165) is 14.9 Å². The third-order valence-corrected chi connectivity index (χ3v) is 4.72. The highest BCUT2D eigenvalue weighted by atomic mass is 79.9. The first-order chi connectivity index (χ1) is 11.8. The molecule has 3 amide bonds. The Balaban J connectivity index is 1.78. The van der Waals surface area contributed by atoms with E-state index in [1.165, 1.54) is 0 Å². The number of carbonyl (C=O) groups is 2. The minimum atomic E-state index is -0.892. The average molecular weight is 407 g/mol. The van der Waals surface area contributed by atoms with Crippen molar-refractivity contribution >= 4 is 27.9 Å². The van der Waals surface area contributed by atoms with Crippen LogP contribution in [0.2, 0.25) is 0 Å². The fraction of sp³-hybridized carbons (Fsp3) is 0.412. The molecule has 1 aliphatic rings. The molecule has 2 aromatic rings. The number of carbonyl (C=O) groups excluding carboxylic acids is 2. The van der Waals surface area contributed by atoms with Crippen molar-refractivity contribution in [2.24, 2.45) is 5.92 Å². The lowest BCUT2D eigenvalue weighted by atomic mass is 9.91. The first kappa shape index (κ1) is 17.6. The third kappa shape index (κ3) is 3.44. The lowest BCUT2D eigenvalue weighted by Crippen LogP contribution is -2.44. The standard InChI is InChI=1S/C17H19BrN4O3/c1-10(2)8-17(3)15(23)22(16(24)19-17)9-13-20-21-14(25-13)11-6-4-5-7-12(11)18/h4-7,10H,8-9H2,1-3H3,(H,19,24)/t17-/m1/s1. The molecule has 3 rings (SSSR count). The molecule has 0 radical (unpaired) electrons. The largest absolute Gasteiger partial charge is 0.419 e. The number of urea groups is 1. The summed E-state index contributed by atoms with van der Waals surface area (Å²) >= 11 is 3.43. The summed E-state index contributed by atoms with van der Waals surface area (Å²) in [5.41, 5.74) is -0.139. The second kappa shape index (κ2) is 6.59. The van der Waals surface area contributed by atoms with Gasteiger partial charge in [-0.3, -0.25) is 9.69 Å². The molecule has 1 saturated heterocycles. The van der Waals surface area contributed by atoms with Gasteiger partial charge in [0.05, 0.1) is 5.56 Å². The summed E-state index contributed by atoms with van der Waals surface area (Å²) in [7, 11) is 0. The molecule has 1 aliphatic heterocycles. The first-order valence-electron chi connectivity index (χ1n) is 8.01. The summed E-state index contributed by atoms with van der Waals surface area (Å²) in [5.74, 6) is 0.550. The molecule has 0 aliphatic carbocycles. The van der Waals surface area contributed by atoms with Gasteiger partial charge in [-0.15, -0.1) is 10.2 Å². The number of hydrogen-bond donors (Lipinski definition) is 1. The SMILES string of the molecule is CC(C)C[C@@]1(C)NC(=O)N(Cc2nnc(-c3ccccc3Br)o2)C1=O. The van der Waals surface area contributed by atoms with Crippen LogP contribution in [0, 0.1) is 5.92 Å². The zero-order valence-electron chi connectivity index (χ0n) is 14.2. The van der Waals surface area contributed by atoms with E-state index in [0.29, 0.717) is 12.3 Å². The van der Waals surface area contributed by atoms with Gasteiger partial charge in [-0.1, -0.05) is 26.0 Å². The summed E-state index contributed by atoms with van der Waals surface area (Å²) in [4.78, 5) is 26.0. The van der Waals surface area contributed by atoms with Gasteiger partial charge in [0.2, 0.25) is 11.8 Å². The molecule has 0 bridgehead atoms. The molecule has 1 aromatic heterocycles. The third-order valence-electron chi connectivity index (χ3n) is 4.03. The molecule has 1 N–H and O–H groups in total. The Kier molecular flexibility index (Phi) is 4.64. The molecule has 0 spiro atoms. The van der Waals surface area contributed by atoms with Gasteiger partial charge in [0.15, 0.2) is 0 Å². The van der Waals surface area contributed by atoms with Crippen molar-refractivity contribution in [2.45, 2.75) is 39.3 Å². The van der Waals surface area contributed by atoms with E-state index in [1.807, 2.05) is 38.1 Å². The highest BCUT2D eigenvalue weighted by molar-refractivity contribution is 9.10. The highest BCUT2D eigenvalue weighted by Gasteiger charge is 2.48. The number of hydrogen-bond acceptors (Lipinski definition) is 5. The Hall–Kier alpha value is -2.22. The van der Waals surface area contributed by atoms with Crippen LogP contribution in [-0.4, -0.2) is 32.6 Å². The van der Waals surface area contributed by atoms with Crippen molar-refractivity contribution in [3.05, 3.63) is 34.6 Å². The van der Waals surface area contributed by atoms with E-state index in [1.54, 1.807) is 6.92 Å². The predicted molar refractivity (Wildman–Crippen MR) is 94.4 cm³/mol. The summed E-state index contributed by atoms with van der Waals surface area (Å²) in [6.07, 6.45) is 0.570. The number of imide groups is 1. The fourth-order valence-electron chi connectivity index (χ4n) is 3.04. The topological polar surface area (TPSA) is 88.3 Å². The maximum atomic E-state index is 12.7. The zero-order valence-corrected chi connectivity index (χ0v) is 15.8. The van der Waals surface area contributed by atoms with E-state index in [2.05, 4.69) is 31.4 Å². The predicted octanol–water partition coefficient (Wildman–Crippen LogP) is 3.36. The number of amides is 3. The molecule has 1 atom stereocenters. The molecule has 7 nitrogen and oxygen atoms in total. The molecule has 25 heavy (non-hydrogen) atoms. The van der Waals surface area contributed by atoms with E-state index in [4.69, 9.17) is 4.42 Å². The molecular weight excluding hydrogens is 388 g/mol. The Bertz CT molecular complexity index is 820. The van der Waals surface area contributed by atoms with Gasteiger partial charge >= 0.3 is 6.03 Å². The lowest BCUT2D eigenvalue weighted by molar-refractivity contribution is -0.131. The zero-order chi connectivity index (χ0) is 18.2. The van der Waals surface area contributed by atoms with Crippen LogP contribution in [0.25, 0.3) is 11.5 Å². The van der Waals surface area contributed by atoms with Crippen LogP contribution < -0.4 is 5.32 Å². The molecule has 1 fully saturated rings. The maximum absolute atomic E-state index is 12.7. The Labute approximate surface area is 153 Å². The van der Waals surface area contributed by atoms with Crippen LogP contribution in [0.15, 0.2) is 33.2 Å². The molecular formula is C17H19BrN4O3. The Morgan fingerprint density at radius 1 is 1.28 bits per heavy atom. The van der Waals surface area contributed by atoms with Gasteiger partial charge in [-0.05, 0) is 47.3 Å². The quantitative estimate of drug-likeness (QED) is 0.768. The van der Waals surface area contributed by atoms with Crippen LogP contribution in [0.4, 0.5) is 4.79 Å². The average Bonchev–Trinajstić information content (AvgIpc) is 3.06. The van der Waals surface area contributed by atoms with Crippen molar-refractivity contribution in [3.63, 3.8) is 0 Å². The number of rotatable bonds is 5. The van der Waals surface area contributed by atoms with Gasteiger partial charge < -0.3 is 9.73 Å². The number of aromatic nitrogens is 2. The second-order valence-electron chi connectivity index (χ2n) is 6.73. The number of nitrogens with one attached hydrogen (secondary N) is 1. The van der Waals surface area contributed by atoms with Crippen molar-refractivity contribution in [3.8, 4) is 11.5 Å². The lowest BCUT2D eigenvalue weighted by Gasteiger charge is -2.23. The van der Waals surface area contributed by atoms with Crippen molar-refractivity contribution in [1.82, 2.24) is 20.4 Å². The van der Waals surface area contributed by atoms with E-state index in [9.17, 15) is 9.59 Å². The summed E-state index contributed by atoms with van der Waals surface area (Å²) in [6.45, 7) is 5.72. The van der Waals surface area contributed by atoms with Crippen LogP contribution >= 0.6 is 15.9 Å². The molecule has 8 heteroatoms. The first-order valence-corrected chi connectivity index (χ1v) is 8.81. The Morgan fingerprint density at radius 3 is 2.68 bits per heavy atom. The van der Waals surface area contributed by atoms with E-state index in [-0.39, 0.29) is 24.3 Å². The van der Waals surface area contributed by atoms with Crippen LogP contribution in [-0.2, 0) is 11.3 Å². The van der Waals surface area contributed by atoms with Gasteiger partial charge in [0.25, 0.3) is 5.91 Å². The van der Waals surface area contributed by atoms with Gasteiger partial charge in [-0.25, -0.2) is 4.79 Å². The minimum absolute atomic E-state index is 0.0458. The minimum Gasteiger partial charge on any atom is -0.419 e. The smallest absolute Gasteiger partial charge is 0.325 e. The van der Waals surface area contributed by atoms with Crippen molar-refractivity contribution < 1.29 is 14.0 Å². The number of halogens is 1.